The molecule has 3 rings (SSSR count). The summed E-state index contributed by atoms with van der Waals surface area (Å²) in [6.45, 7) is 0. The Morgan fingerprint density at radius 1 is 1.28 bits per heavy atom. The molecule has 6 nitrogen and oxygen atoms in total. The van der Waals surface area contributed by atoms with Gasteiger partial charge in [-0.3, -0.25) is 0 Å². The van der Waals surface area contributed by atoms with E-state index in [0.29, 0.717) is 5.65 Å². The smallest absolute Gasteiger partial charge is 0.182 e. The number of likely N-dealkylation sites (N-methyl/N-ethyl adjacent to an activating group) is 1. The third kappa shape index (κ3) is 1.82. The maximum absolute atomic E-state index is 10.1. The van der Waals surface area contributed by atoms with Crippen molar-refractivity contribution in [3.8, 4) is 0 Å². The molecule has 0 aliphatic heterocycles. The lowest BCUT2D eigenvalue weighted by molar-refractivity contribution is 0.106. The molecule has 1 fully saturated rings. The summed E-state index contributed by atoms with van der Waals surface area (Å²) in [4.78, 5) is 17.7. The molecule has 0 amide bonds. The molecular weight excluding hydrogens is 230 g/mol. The molecule has 2 heterocycles. The monoisotopic (exact) mass is 247 g/mol. The van der Waals surface area contributed by atoms with Crippen LogP contribution in [0.3, 0.4) is 0 Å². The van der Waals surface area contributed by atoms with Gasteiger partial charge in [0.15, 0.2) is 11.5 Å². The van der Waals surface area contributed by atoms with Crippen molar-refractivity contribution in [2.24, 2.45) is 0 Å². The molecule has 1 aliphatic carbocycles. The predicted molar refractivity (Wildman–Crippen MR) is 68.3 cm³/mol. The second-order valence-electron chi connectivity index (χ2n) is 4.83. The van der Waals surface area contributed by atoms with E-state index in [0.717, 1.165) is 37.0 Å². The quantitative estimate of drug-likeness (QED) is 0.830. The summed E-state index contributed by atoms with van der Waals surface area (Å²) in [5, 5.41) is 10.1. The summed E-state index contributed by atoms with van der Waals surface area (Å²) >= 11 is 0. The normalized spacial score (nSPS) is 24.3. The number of rotatable bonds is 2. The highest BCUT2D eigenvalue weighted by atomic mass is 16.3. The summed E-state index contributed by atoms with van der Waals surface area (Å²) in [6, 6.07) is 0.125. The summed E-state index contributed by atoms with van der Waals surface area (Å²) in [5.74, 6) is 0.809. The zero-order valence-electron chi connectivity index (χ0n) is 10.4. The zero-order chi connectivity index (χ0) is 12.5. The van der Waals surface area contributed by atoms with Crippen LogP contribution in [0.2, 0.25) is 0 Å². The van der Waals surface area contributed by atoms with Crippen LogP contribution in [-0.4, -0.2) is 44.2 Å². The number of hydrogen-bond acceptors (Lipinski definition) is 5. The van der Waals surface area contributed by atoms with Crippen molar-refractivity contribution < 1.29 is 5.11 Å². The molecule has 2 atom stereocenters. The van der Waals surface area contributed by atoms with Crippen molar-refractivity contribution in [2.75, 3.05) is 11.9 Å². The first-order valence-corrected chi connectivity index (χ1v) is 6.32. The van der Waals surface area contributed by atoms with Gasteiger partial charge in [-0.05, 0) is 12.8 Å². The van der Waals surface area contributed by atoms with Crippen molar-refractivity contribution in [2.45, 2.75) is 37.8 Å². The minimum absolute atomic E-state index is 0.125. The highest BCUT2D eigenvalue weighted by Gasteiger charge is 2.28. The van der Waals surface area contributed by atoms with Gasteiger partial charge in [0.25, 0.3) is 0 Å². The maximum atomic E-state index is 10.1. The Labute approximate surface area is 105 Å². The van der Waals surface area contributed by atoms with E-state index in [1.54, 1.807) is 6.33 Å². The average molecular weight is 247 g/mol. The number of imidazole rings is 1. The fraction of sp³-hybridized carbons (Fsp3) is 0.583. The van der Waals surface area contributed by atoms with Crippen molar-refractivity contribution in [3.05, 3.63) is 12.7 Å². The van der Waals surface area contributed by atoms with E-state index >= 15 is 0 Å². The van der Waals surface area contributed by atoms with Crippen LogP contribution in [0.5, 0.6) is 0 Å². The van der Waals surface area contributed by atoms with Crippen molar-refractivity contribution in [1.82, 2.24) is 19.9 Å². The van der Waals surface area contributed by atoms with Gasteiger partial charge in [-0.2, -0.15) is 0 Å². The second-order valence-corrected chi connectivity index (χ2v) is 4.83. The minimum atomic E-state index is -0.281. The molecule has 96 valence electrons. The predicted octanol–water partition coefficient (Wildman–Crippen LogP) is 1.09. The van der Waals surface area contributed by atoms with Crippen molar-refractivity contribution in [3.63, 3.8) is 0 Å². The van der Waals surface area contributed by atoms with E-state index in [4.69, 9.17) is 0 Å². The van der Waals surface area contributed by atoms with E-state index < -0.39 is 0 Å². The molecule has 0 radical (unpaired) electrons. The van der Waals surface area contributed by atoms with Crippen LogP contribution in [0.25, 0.3) is 11.2 Å². The van der Waals surface area contributed by atoms with Gasteiger partial charge < -0.3 is 15.0 Å². The van der Waals surface area contributed by atoms with E-state index in [2.05, 4.69) is 19.9 Å². The summed E-state index contributed by atoms with van der Waals surface area (Å²) in [7, 11) is 1.97. The first-order chi connectivity index (χ1) is 8.77. The Hall–Kier alpha value is -1.69. The highest BCUT2D eigenvalue weighted by molar-refractivity contribution is 5.82. The van der Waals surface area contributed by atoms with Crippen LogP contribution < -0.4 is 4.90 Å². The SMILES string of the molecule is CN(c1ncnc2nc[nH]c12)C1CCCCC1O. The number of nitrogens with zero attached hydrogens (tertiary/aromatic N) is 4. The van der Waals surface area contributed by atoms with Gasteiger partial charge in [0.2, 0.25) is 0 Å². The third-order valence-corrected chi connectivity index (χ3v) is 3.73. The molecule has 18 heavy (non-hydrogen) atoms. The van der Waals surface area contributed by atoms with Gasteiger partial charge in [-0.1, -0.05) is 12.8 Å². The number of aliphatic hydroxyl groups excluding tert-OH is 1. The van der Waals surface area contributed by atoms with E-state index in [1.807, 2.05) is 11.9 Å². The molecule has 2 unspecified atom stereocenters. The molecule has 2 aromatic heterocycles. The molecule has 1 saturated carbocycles. The lowest BCUT2D eigenvalue weighted by Crippen LogP contribution is -2.43. The first kappa shape index (κ1) is 11.4. The molecular formula is C12H17N5O. The number of hydrogen-bond donors (Lipinski definition) is 2. The third-order valence-electron chi connectivity index (χ3n) is 3.73. The van der Waals surface area contributed by atoms with E-state index in [9.17, 15) is 5.11 Å². The Morgan fingerprint density at radius 2 is 2.11 bits per heavy atom. The van der Waals surface area contributed by atoms with Crippen LogP contribution in [-0.2, 0) is 0 Å². The first-order valence-electron chi connectivity index (χ1n) is 6.32. The number of aromatic amines is 1. The highest BCUT2D eigenvalue weighted by Crippen LogP contribution is 2.27. The largest absolute Gasteiger partial charge is 0.391 e. The maximum Gasteiger partial charge on any atom is 0.182 e. The number of aliphatic hydroxyl groups is 1. The van der Waals surface area contributed by atoms with Crippen LogP contribution in [0.4, 0.5) is 5.82 Å². The Kier molecular flexibility index (Phi) is 2.87. The standard InChI is InChI=1S/C12H17N5O/c1-17(8-4-2-3-5-9(8)18)12-10-11(14-6-13-10)15-7-16-12/h6-9,18H,2-5H2,1H3,(H,13,14,15,16). The second kappa shape index (κ2) is 4.53. The summed E-state index contributed by atoms with van der Waals surface area (Å²) in [5.41, 5.74) is 1.50. The van der Waals surface area contributed by atoms with Gasteiger partial charge in [0, 0.05) is 7.05 Å². The van der Waals surface area contributed by atoms with Gasteiger partial charge >= 0.3 is 0 Å². The minimum Gasteiger partial charge on any atom is -0.391 e. The lowest BCUT2D eigenvalue weighted by atomic mass is 9.91. The van der Waals surface area contributed by atoms with Crippen LogP contribution in [0, 0.1) is 0 Å². The summed E-state index contributed by atoms with van der Waals surface area (Å²) in [6.07, 6.45) is 6.98. The van der Waals surface area contributed by atoms with Crippen LogP contribution >= 0.6 is 0 Å². The number of aromatic nitrogens is 4. The zero-order valence-corrected chi connectivity index (χ0v) is 10.4. The topological polar surface area (TPSA) is 77.9 Å². The molecule has 2 aromatic rings. The molecule has 6 heteroatoms. The summed E-state index contributed by atoms with van der Waals surface area (Å²) < 4.78 is 0. The average Bonchev–Trinajstić information content (AvgIpc) is 2.86. The molecule has 1 aliphatic rings. The number of H-pyrrole nitrogens is 1. The number of fused-ring (bicyclic) bond motifs is 1. The van der Waals surface area contributed by atoms with Gasteiger partial charge in [-0.25, -0.2) is 15.0 Å². The molecule has 0 bridgehead atoms. The van der Waals surface area contributed by atoms with Gasteiger partial charge in [-0.15, -0.1) is 0 Å². The Morgan fingerprint density at radius 3 is 2.94 bits per heavy atom. The van der Waals surface area contributed by atoms with Crippen LogP contribution in [0.1, 0.15) is 25.7 Å². The van der Waals surface area contributed by atoms with Crippen molar-refractivity contribution >= 4 is 17.0 Å². The van der Waals surface area contributed by atoms with Gasteiger partial charge in [0.05, 0.1) is 18.5 Å². The molecule has 0 saturated heterocycles. The molecule has 0 aromatic carbocycles. The Balaban J connectivity index is 1.95. The van der Waals surface area contributed by atoms with Crippen molar-refractivity contribution in [1.29, 1.82) is 0 Å². The molecule has 2 N–H and O–H groups in total. The fourth-order valence-corrected chi connectivity index (χ4v) is 2.72. The van der Waals surface area contributed by atoms with E-state index in [1.165, 1.54) is 6.33 Å². The number of anilines is 1. The fourth-order valence-electron chi connectivity index (χ4n) is 2.72. The Bertz CT molecular complexity index is 540. The van der Waals surface area contributed by atoms with Crippen LogP contribution in [0.15, 0.2) is 12.7 Å². The van der Waals surface area contributed by atoms with E-state index in [-0.39, 0.29) is 12.1 Å². The van der Waals surface area contributed by atoms with Gasteiger partial charge in [0.1, 0.15) is 11.8 Å². The molecule has 0 spiro atoms. The number of nitrogens with one attached hydrogen (secondary N) is 1. The lowest BCUT2D eigenvalue weighted by Gasteiger charge is -2.35.